The van der Waals surface area contributed by atoms with E-state index >= 15 is 0 Å². The molecule has 3 heterocycles. The van der Waals surface area contributed by atoms with Crippen LogP contribution in [-0.4, -0.2) is 46.9 Å². The Labute approximate surface area is 167 Å². The Morgan fingerprint density at radius 1 is 1.31 bits per heavy atom. The second-order valence-electron chi connectivity index (χ2n) is 6.64. The summed E-state index contributed by atoms with van der Waals surface area (Å²) in [5.41, 5.74) is 0.337. The standard InChI is InChI=1S/C19H18FN5O3S/c1-24-10-8-21-18(24)16(13-5-2-3-7-15(13)20)22-19(26)14-6-4-9-25-11-12-29(27,28)23-17(14)25/h2-10,16H,11-12H2,1H3,(H,22,26)/t16-/m1/s1. The van der Waals surface area contributed by atoms with Crippen molar-refractivity contribution in [1.82, 2.24) is 19.8 Å². The summed E-state index contributed by atoms with van der Waals surface area (Å²) in [5.74, 6) is -0.696. The van der Waals surface area contributed by atoms with Crippen molar-refractivity contribution in [3.63, 3.8) is 0 Å². The molecule has 8 nitrogen and oxygen atoms in total. The van der Waals surface area contributed by atoms with E-state index in [0.717, 1.165) is 0 Å². The minimum Gasteiger partial charge on any atom is -0.338 e. The van der Waals surface area contributed by atoms with Crippen molar-refractivity contribution < 1.29 is 17.6 Å². The number of fused-ring (bicyclic) bond motifs is 1. The number of nitrogens with one attached hydrogen (secondary N) is 1. The van der Waals surface area contributed by atoms with Gasteiger partial charge >= 0.3 is 0 Å². The molecule has 1 aromatic heterocycles. The topological polar surface area (TPSA) is 96.7 Å². The number of allylic oxidation sites excluding steroid dienone is 2. The van der Waals surface area contributed by atoms with Gasteiger partial charge in [0.1, 0.15) is 17.7 Å². The third kappa shape index (κ3) is 3.70. The van der Waals surface area contributed by atoms with Crippen LogP contribution in [0.3, 0.4) is 0 Å². The van der Waals surface area contributed by atoms with Gasteiger partial charge in [0.2, 0.25) is 0 Å². The van der Waals surface area contributed by atoms with Crippen LogP contribution in [0.4, 0.5) is 4.39 Å². The SMILES string of the molecule is Cn1ccnc1[C@H](NC(=O)C1=CC=CN2CCS(=O)(=O)N=C12)c1ccccc1F. The van der Waals surface area contributed by atoms with Crippen molar-refractivity contribution in [2.45, 2.75) is 6.04 Å². The second-order valence-corrected chi connectivity index (χ2v) is 8.40. The molecule has 0 bridgehead atoms. The van der Waals surface area contributed by atoms with Gasteiger partial charge in [-0.3, -0.25) is 4.79 Å². The Morgan fingerprint density at radius 2 is 2.10 bits per heavy atom. The van der Waals surface area contributed by atoms with E-state index in [2.05, 4.69) is 14.7 Å². The Balaban J connectivity index is 1.72. The number of benzene rings is 1. The lowest BCUT2D eigenvalue weighted by molar-refractivity contribution is -0.117. The highest BCUT2D eigenvalue weighted by Gasteiger charge is 2.32. The molecule has 4 rings (SSSR count). The van der Waals surface area contributed by atoms with Crippen LogP contribution in [0, 0.1) is 5.82 Å². The highest BCUT2D eigenvalue weighted by molar-refractivity contribution is 7.90. The van der Waals surface area contributed by atoms with Gasteiger partial charge in [-0.2, -0.15) is 0 Å². The van der Waals surface area contributed by atoms with Gasteiger partial charge in [0.05, 0.1) is 11.3 Å². The third-order valence-electron chi connectivity index (χ3n) is 4.71. The number of imidazole rings is 1. The molecule has 0 radical (unpaired) electrons. The molecule has 0 aliphatic carbocycles. The fourth-order valence-electron chi connectivity index (χ4n) is 3.25. The van der Waals surface area contributed by atoms with E-state index in [9.17, 15) is 17.6 Å². The monoisotopic (exact) mass is 415 g/mol. The van der Waals surface area contributed by atoms with Crippen molar-refractivity contribution in [2.24, 2.45) is 11.4 Å². The Bertz CT molecular complexity index is 1170. The maximum atomic E-state index is 14.5. The van der Waals surface area contributed by atoms with Crippen LogP contribution in [0.2, 0.25) is 0 Å². The van der Waals surface area contributed by atoms with Crippen LogP contribution in [0.25, 0.3) is 0 Å². The van der Waals surface area contributed by atoms with E-state index in [4.69, 9.17) is 0 Å². The molecule has 2 aliphatic rings. The fourth-order valence-corrected chi connectivity index (χ4v) is 4.23. The molecule has 0 saturated heterocycles. The van der Waals surface area contributed by atoms with Crippen LogP contribution in [0.15, 0.2) is 65.0 Å². The number of carbonyl (C=O) groups is 1. The van der Waals surface area contributed by atoms with Crippen molar-refractivity contribution in [3.8, 4) is 0 Å². The first-order valence-corrected chi connectivity index (χ1v) is 10.5. The number of rotatable bonds is 4. The lowest BCUT2D eigenvalue weighted by Gasteiger charge is -2.29. The van der Waals surface area contributed by atoms with E-state index in [1.165, 1.54) is 12.1 Å². The average molecular weight is 415 g/mol. The van der Waals surface area contributed by atoms with E-state index in [-0.39, 0.29) is 29.3 Å². The highest BCUT2D eigenvalue weighted by atomic mass is 32.2. The summed E-state index contributed by atoms with van der Waals surface area (Å²) in [5, 5.41) is 2.78. The van der Waals surface area contributed by atoms with E-state index in [1.54, 1.807) is 59.4 Å². The molecule has 150 valence electrons. The number of carbonyl (C=O) groups excluding carboxylic acids is 1. The normalized spacial score (nSPS) is 18.5. The average Bonchev–Trinajstić information content (AvgIpc) is 3.11. The zero-order valence-electron chi connectivity index (χ0n) is 15.5. The number of amides is 1. The molecule has 1 aromatic carbocycles. The molecule has 1 atom stereocenters. The first-order chi connectivity index (χ1) is 13.9. The van der Waals surface area contributed by atoms with Gasteiger partial charge in [-0.25, -0.2) is 17.8 Å². The molecule has 2 aromatic rings. The molecule has 0 saturated carbocycles. The number of nitrogens with zero attached hydrogens (tertiary/aromatic N) is 4. The zero-order valence-corrected chi connectivity index (χ0v) is 16.3. The van der Waals surface area contributed by atoms with Crippen molar-refractivity contribution in [1.29, 1.82) is 0 Å². The Kier molecular flexibility index (Phi) is 4.79. The van der Waals surface area contributed by atoms with Crippen LogP contribution in [0.5, 0.6) is 0 Å². The van der Waals surface area contributed by atoms with Gasteiger partial charge in [0.15, 0.2) is 5.84 Å². The van der Waals surface area contributed by atoms with Crippen LogP contribution >= 0.6 is 0 Å². The smallest absolute Gasteiger partial charge is 0.256 e. The molecule has 0 unspecified atom stereocenters. The predicted octanol–water partition coefficient (Wildman–Crippen LogP) is 1.26. The summed E-state index contributed by atoms with van der Waals surface area (Å²) >= 11 is 0. The molecular formula is C19H18FN5O3S. The van der Waals surface area contributed by atoms with Crippen molar-refractivity contribution >= 4 is 21.8 Å². The lowest BCUT2D eigenvalue weighted by Crippen LogP contribution is -2.43. The number of aryl methyl sites for hydroxylation is 1. The molecule has 1 amide bonds. The molecule has 2 aliphatic heterocycles. The van der Waals surface area contributed by atoms with E-state index in [1.807, 2.05) is 0 Å². The largest absolute Gasteiger partial charge is 0.338 e. The quantitative estimate of drug-likeness (QED) is 0.811. The predicted molar refractivity (Wildman–Crippen MR) is 105 cm³/mol. The lowest BCUT2D eigenvalue weighted by atomic mass is 10.0. The first kappa shape index (κ1) is 19.1. The van der Waals surface area contributed by atoms with Gasteiger partial charge in [-0.15, -0.1) is 4.40 Å². The second kappa shape index (κ2) is 7.28. The number of amidine groups is 1. The minimum absolute atomic E-state index is 0.0587. The summed E-state index contributed by atoms with van der Waals surface area (Å²) < 4.78 is 43.8. The molecule has 0 spiro atoms. The molecule has 1 N–H and O–H groups in total. The number of aromatic nitrogens is 2. The van der Waals surface area contributed by atoms with Gasteiger partial charge in [0.25, 0.3) is 15.9 Å². The zero-order chi connectivity index (χ0) is 20.6. The van der Waals surface area contributed by atoms with E-state index in [0.29, 0.717) is 5.82 Å². The molecular weight excluding hydrogens is 397 g/mol. The summed E-state index contributed by atoms with van der Waals surface area (Å²) in [7, 11) is -1.90. The Hall–Kier alpha value is -3.27. The third-order valence-corrected chi connectivity index (χ3v) is 5.86. The molecule has 0 fully saturated rings. The summed E-state index contributed by atoms with van der Waals surface area (Å²) in [6, 6.07) is 5.23. The number of hydrogen-bond donors (Lipinski definition) is 1. The van der Waals surface area contributed by atoms with Crippen LogP contribution in [-0.2, 0) is 21.9 Å². The fraction of sp³-hybridized carbons (Fsp3) is 0.211. The minimum atomic E-state index is -3.64. The van der Waals surface area contributed by atoms with Crippen molar-refractivity contribution in [3.05, 3.63) is 77.8 Å². The first-order valence-electron chi connectivity index (χ1n) is 8.86. The maximum absolute atomic E-state index is 14.5. The van der Waals surface area contributed by atoms with Crippen LogP contribution in [0.1, 0.15) is 17.4 Å². The van der Waals surface area contributed by atoms with Gasteiger partial charge in [0, 0.05) is 37.7 Å². The molecule has 10 heteroatoms. The van der Waals surface area contributed by atoms with E-state index < -0.39 is 27.8 Å². The van der Waals surface area contributed by atoms with Gasteiger partial charge in [-0.05, 0) is 18.2 Å². The van der Waals surface area contributed by atoms with Crippen LogP contribution < -0.4 is 5.32 Å². The summed E-state index contributed by atoms with van der Waals surface area (Å²) in [6.45, 7) is 0.207. The maximum Gasteiger partial charge on any atom is 0.256 e. The summed E-state index contributed by atoms with van der Waals surface area (Å²) in [4.78, 5) is 18.9. The Morgan fingerprint density at radius 3 is 2.83 bits per heavy atom. The highest BCUT2D eigenvalue weighted by Crippen LogP contribution is 2.25. The molecule has 29 heavy (non-hydrogen) atoms. The number of sulfonamides is 1. The van der Waals surface area contributed by atoms with Gasteiger partial charge < -0.3 is 14.8 Å². The number of halogens is 1. The van der Waals surface area contributed by atoms with Crippen molar-refractivity contribution in [2.75, 3.05) is 12.3 Å². The number of hydrogen-bond acceptors (Lipinski definition) is 5. The van der Waals surface area contributed by atoms with Gasteiger partial charge in [-0.1, -0.05) is 18.2 Å². The summed E-state index contributed by atoms with van der Waals surface area (Å²) in [6.07, 6.45) is 8.04.